The van der Waals surface area contributed by atoms with E-state index in [2.05, 4.69) is 15.3 Å². The van der Waals surface area contributed by atoms with E-state index >= 15 is 0 Å². The molecule has 0 aliphatic carbocycles. The third-order valence-corrected chi connectivity index (χ3v) is 4.64. The van der Waals surface area contributed by atoms with Gasteiger partial charge in [-0.25, -0.2) is 13.6 Å². The molecule has 0 radical (unpaired) electrons. The summed E-state index contributed by atoms with van der Waals surface area (Å²) in [6, 6.07) is 16.7. The van der Waals surface area contributed by atoms with Crippen molar-refractivity contribution >= 4 is 33.5 Å². The number of hydrogen-bond acceptors (Lipinski definition) is 3. The van der Waals surface area contributed by atoms with Crippen LogP contribution in [0.3, 0.4) is 0 Å². The molecule has 0 fully saturated rings. The lowest BCUT2D eigenvalue weighted by Gasteiger charge is -2.07. The van der Waals surface area contributed by atoms with Gasteiger partial charge in [-0.05, 0) is 42.5 Å². The topological polar surface area (TPSA) is 78.0 Å². The van der Waals surface area contributed by atoms with Crippen LogP contribution in [-0.4, -0.2) is 18.7 Å². The summed E-state index contributed by atoms with van der Waals surface area (Å²) in [5.74, 6) is 0.300. The molecule has 0 aliphatic rings. The lowest BCUT2D eigenvalue weighted by molar-refractivity contribution is 0.564. The molecule has 7 heteroatoms. The molecule has 1 atom stereocenters. The number of hydrogen-bond donors (Lipinski definition) is 3. The van der Waals surface area contributed by atoms with Crippen molar-refractivity contribution in [2.45, 2.75) is 4.90 Å². The minimum Gasteiger partial charge on any atom is -0.354 e. The van der Waals surface area contributed by atoms with Crippen LogP contribution in [0.1, 0.15) is 0 Å². The third kappa shape index (κ3) is 3.22. The first-order chi connectivity index (χ1) is 12.6. The molecule has 2 heterocycles. The minimum atomic E-state index is -2.05. The van der Waals surface area contributed by atoms with Crippen molar-refractivity contribution in [2.24, 2.45) is 0 Å². The predicted molar refractivity (Wildman–Crippen MR) is 100 cm³/mol. The van der Waals surface area contributed by atoms with Crippen molar-refractivity contribution in [1.29, 1.82) is 0 Å². The van der Waals surface area contributed by atoms with Gasteiger partial charge in [0.15, 0.2) is 11.1 Å². The molecule has 4 aromatic rings. The maximum Gasteiger partial charge on any atom is 0.186 e. The molecular weight excluding hydrogens is 353 g/mol. The van der Waals surface area contributed by atoms with Gasteiger partial charge < -0.3 is 14.9 Å². The molecule has 3 N–H and O–H groups in total. The summed E-state index contributed by atoms with van der Waals surface area (Å²) in [4.78, 5) is 7.92. The largest absolute Gasteiger partial charge is 0.354 e. The minimum absolute atomic E-state index is 0.300. The van der Waals surface area contributed by atoms with Crippen LogP contribution in [-0.2, 0) is 11.1 Å². The summed E-state index contributed by atoms with van der Waals surface area (Å²) in [5.41, 5.74) is 3.02. The van der Waals surface area contributed by atoms with Gasteiger partial charge in [-0.2, -0.15) is 0 Å². The summed E-state index contributed by atoms with van der Waals surface area (Å²) >= 11 is -2.05. The Kier molecular flexibility index (Phi) is 4.24. The first-order valence-electron chi connectivity index (χ1n) is 7.82. The van der Waals surface area contributed by atoms with Gasteiger partial charge in [-0.15, -0.1) is 0 Å². The average Bonchev–Trinajstić information content (AvgIpc) is 3.07. The van der Waals surface area contributed by atoms with E-state index in [1.165, 1.54) is 12.1 Å². The summed E-state index contributed by atoms with van der Waals surface area (Å²) in [6.07, 6.45) is 1.66. The molecule has 1 unspecified atom stereocenters. The molecule has 5 nitrogen and oxygen atoms in total. The molecule has 0 amide bonds. The summed E-state index contributed by atoms with van der Waals surface area (Å²) in [5, 5.41) is 4.00. The number of pyridine rings is 1. The Hall–Kier alpha value is -3.03. The second kappa shape index (κ2) is 6.70. The van der Waals surface area contributed by atoms with E-state index in [-0.39, 0.29) is 5.82 Å². The number of halogens is 1. The van der Waals surface area contributed by atoms with Crippen molar-refractivity contribution in [3.05, 3.63) is 72.7 Å². The molecule has 130 valence electrons. The van der Waals surface area contributed by atoms with E-state index in [4.69, 9.17) is 0 Å². The SMILES string of the molecule is O=S(O)c1cccc(Nc2nccc3[nH]c(-c4cccc(F)c4)cc23)c1. The number of nitrogens with zero attached hydrogens (tertiary/aromatic N) is 1. The van der Waals surface area contributed by atoms with Crippen LogP contribution in [0.25, 0.3) is 22.2 Å². The van der Waals surface area contributed by atoms with Crippen molar-refractivity contribution in [2.75, 3.05) is 5.32 Å². The van der Waals surface area contributed by atoms with E-state index in [0.717, 1.165) is 22.2 Å². The van der Waals surface area contributed by atoms with Crippen molar-refractivity contribution in [1.82, 2.24) is 9.97 Å². The zero-order chi connectivity index (χ0) is 18.1. The number of benzene rings is 2. The van der Waals surface area contributed by atoms with Gasteiger partial charge in [0.05, 0.1) is 10.4 Å². The maximum absolute atomic E-state index is 13.5. The smallest absolute Gasteiger partial charge is 0.186 e. The highest BCUT2D eigenvalue weighted by Gasteiger charge is 2.10. The van der Waals surface area contributed by atoms with Crippen LogP contribution < -0.4 is 5.32 Å². The Bertz CT molecular complexity index is 1130. The van der Waals surface area contributed by atoms with Gasteiger partial charge in [0.1, 0.15) is 11.6 Å². The molecule has 26 heavy (non-hydrogen) atoms. The number of aromatic amines is 1. The average molecular weight is 367 g/mol. The first-order valence-corrected chi connectivity index (χ1v) is 8.92. The number of rotatable bonds is 4. The maximum atomic E-state index is 13.5. The number of fused-ring (bicyclic) bond motifs is 1. The summed E-state index contributed by atoms with van der Waals surface area (Å²) in [6.45, 7) is 0. The number of H-pyrrole nitrogens is 1. The molecule has 0 saturated carbocycles. The fourth-order valence-electron chi connectivity index (χ4n) is 2.78. The second-order valence-electron chi connectivity index (χ2n) is 5.72. The van der Waals surface area contributed by atoms with Gasteiger partial charge in [0, 0.05) is 28.5 Å². The van der Waals surface area contributed by atoms with Gasteiger partial charge in [0.2, 0.25) is 0 Å². The molecule has 2 aromatic carbocycles. The Morgan fingerprint density at radius 1 is 1.08 bits per heavy atom. The summed E-state index contributed by atoms with van der Waals surface area (Å²) in [7, 11) is 0. The Morgan fingerprint density at radius 2 is 1.92 bits per heavy atom. The highest BCUT2D eigenvalue weighted by Crippen LogP contribution is 2.30. The molecule has 2 aromatic heterocycles. The molecule has 4 rings (SSSR count). The van der Waals surface area contributed by atoms with Crippen LogP contribution in [0.15, 0.2) is 71.8 Å². The van der Waals surface area contributed by atoms with E-state index < -0.39 is 11.1 Å². The van der Waals surface area contributed by atoms with Crippen LogP contribution in [0.2, 0.25) is 0 Å². The van der Waals surface area contributed by atoms with Crippen molar-refractivity contribution < 1.29 is 13.2 Å². The van der Waals surface area contributed by atoms with Gasteiger partial charge in [-0.1, -0.05) is 18.2 Å². The lowest BCUT2D eigenvalue weighted by Crippen LogP contribution is -1.95. The Morgan fingerprint density at radius 3 is 2.73 bits per heavy atom. The van der Waals surface area contributed by atoms with Gasteiger partial charge in [-0.3, -0.25) is 0 Å². The fourth-order valence-corrected chi connectivity index (χ4v) is 3.21. The first kappa shape index (κ1) is 16.4. The van der Waals surface area contributed by atoms with E-state index in [9.17, 15) is 13.2 Å². The van der Waals surface area contributed by atoms with E-state index in [0.29, 0.717) is 16.4 Å². The number of anilines is 2. The quantitative estimate of drug-likeness (QED) is 0.457. The molecule has 0 saturated heterocycles. The molecular formula is C19H14FN3O2S. The van der Waals surface area contributed by atoms with E-state index in [1.54, 1.807) is 36.5 Å². The van der Waals surface area contributed by atoms with Crippen molar-refractivity contribution in [3.8, 4) is 11.3 Å². The van der Waals surface area contributed by atoms with E-state index in [1.807, 2.05) is 18.2 Å². The molecule has 0 aliphatic heterocycles. The highest BCUT2D eigenvalue weighted by molar-refractivity contribution is 7.79. The molecule has 0 bridgehead atoms. The fraction of sp³-hybridized carbons (Fsp3) is 0. The summed E-state index contributed by atoms with van der Waals surface area (Å²) < 4.78 is 34.0. The monoisotopic (exact) mass is 367 g/mol. The van der Waals surface area contributed by atoms with Crippen LogP contribution >= 0.6 is 0 Å². The Balaban J connectivity index is 1.74. The zero-order valence-electron chi connectivity index (χ0n) is 13.4. The van der Waals surface area contributed by atoms with Crippen LogP contribution in [0.5, 0.6) is 0 Å². The standard InChI is InChI=1S/C19H14FN3O2S/c20-13-4-1-3-12(9-13)18-11-16-17(23-18)7-8-21-19(16)22-14-5-2-6-15(10-14)26(24)25/h1-11,23H,(H,21,22)(H,24,25). The second-order valence-corrected chi connectivity index (χ2v) is 6.69. The van der Waals surface area contributed by atoms with Crippen LogP contribution in [0, 0.1) is 5.82 Å². The third-order valence-electron chi connectivity index (χ3n) is 3.98. The van der Waals surface area contributed by atoms with Crippen molar-refractivity contribution in [3.63, 3.8) is 0 Å². The zero-order valence-corrected chi connectivity index (χ0v) is 14.3. The molecule has 0 spiro atoms. The number of nitrogens with one attached hydrogen (secondary N) is 2. The predicted octanol–water partition coefficient (Wildman–Crippen LogP) is 4.69. The van der Waals surface area contributed by atoms with Gasteiger partial charge in [0.25, 0.3) is 0 Å². The lowest BCUT2D eigenvalue weighted by atomic mass is 10.1. The number of aromatic nitrogens is 2. The highest BCUT2D eigenvalue weighted by atomic mass is 32.2. The Labute approximate surface area is 151 Å². The van der Waals surface area contributed by atoms with Gasteiger partial charge >= 0.3 is 0 Å². The van der Waals surface area contributed by atoms with Crippen LogP contribution in [0.4, 0.5) is 15.9 Å². The normalized spacial score (nSPS) is 12.2.